The zero-order valence-corrected chi connectivity index (χ0v) is 17.9. The van der Waals surface area contributed by atoms with Crippen LogP contribution in [0.4, 0.5) is 5.69 Å². The monoisotopic (exact) mass is 420 g/mol. The van der Waals surface area contributed by atoms with Crippen LogP contribution in [-0.2, 0) is 13.0 Å². The van der Waals surface area contributed by atoms with Gasteiger partial charge in [0.15, 0.2) is 0 Å². The third kappa shape index (κ3) is 3.83. The van der Waals surface area contributed by atoms with Gasteiger partial charge in [0.2, 0.25) is 0 Å². The zero-order valence-electron chi connectivity index (χ0n) is 17.1. The normalized spacial score (nSPS) is 16.2. The second-order valence-electron chi connectivity index (χ2n) is 7.27. The van der Waals surface area contributed by atoms with E-state index < -0.39 is 0 Å². The number of anilines is 1. The van der Waals surface area contributed by atoms with Crippen molar-refractivity contribution in [2.75, 3.05) is 12.4 Å². The van der Waals surface area contributed by atoms with E-state index >= 15 is 0 Å². The van der Waals surface area contributed by atoms with Crippen molar-refractivity contribution in [1.82, 2.24) is 15.0 Å². The van der Waals surface area contributed by atoms with Gasteiger partial charge < -0.3 is 11.1 Å². The predicted molar refractivity (Wildman–Crippen MR) is 124 cm³/mol. The molecule has 1 aliphatic rings. The molecule has 1 atom stereocenters. The summed E-state index contributed by atoms with van der Waals surface area (Å²) in [6, 6.07) is 14.3. The number of nitrogens with zero attached hydrogens (tertiary/aromatic N) is 4. The summed E-state index contributed by atoms with van der Waals surface area (Å²) >= 11 is 6.07. The molecule has 30 heavy (non-hydrogen) atoms. The molecular weight excluding hydrogens is 396 g/mol. The van der Waals surface area contributed by atoms with Crippen molar-refractivity contribution in [3.8, 4) is 11.3 Å². The fourth-order valence-electron chi connectivity index (χ4n) is 3.94. The van der Waals surface area contributed by atoms with Crippen LogP contribution in [0.2, 0.25) is 5.02 Å². The molecule has 154 valence electrons. The molecule has 1 unspecified atom stereocenters. The molecule has 0 bridgehead atoms. The first kappa shape index (κ1) is 20.2. The van der Waals surface area contributed by atoms with Gasteiger partial charge in [0, 0.05) is 47.9 Å². The standard InChI is InChI=1S/C23H25ClN6/c1-3-21-23-19-9-4-15(16(13-25)14-26-2)12-20(19)22(10-11-30(23)29-28-21)27-18-7-5-17(24)6-8-18/h4-9,12-14,22,27H,3,10-11,25H2,1-2H3. The Morgan fingerprint density at radius 3 is 2.80 bits per heavy atom. The average molecular weight is 421 g/mol. The van der Waals surface area contributed by atoms with Gasteiger partial charge in [0.1, 0.15) is 0 Å². The molecule has 0 spiro atoms. The Morgan fingerprint density at radius 1 is 1.30 bits per heavy atom. The van der Waals surface area contributed by atoms with Crippen molar-refractivity contribution in [2.24, 2.45) is 10.7 Å². The Morgan fingerprint density at radius 2 is 2.10 bits per heavy atom. The van der Waals surface area contributed by atoms with E-state index in [0.29, 0.717) is 0 Å². The molecule has 0 radical (unpaired) electrons. The Hall–Kier alpha value is -3.12. The highest BCUT2D eigenvalue weighted by molar-refractivity contribution is 6.30. The van der Waals surface area contributed by atoms with E-state index in [1.54, 1.807) is 19.5 Å². The zero-order chi connectivity index (χ0) is 21.1. The highest BCUT2D eigenvalue weighted by Crippen LogP contribution is 2.38. The number of rotatable bonds is 5. The van der Waals surface area contributed by atoms with Crippen LogP contribution in [-0.4, -0.2) is 28.3 Å². The van der Waals surface area contributed by atoms with Gasteiger partial charge in [-0.15, -0.1) is 5.10 Å². The van der Waals surface area contributed by atoms with Crippen molar-refractivity contribution in [3.05, 3.63) is 70.5 Å². The number of halogens is 1. The molecule has 2 heterocycles. The van der Waals surface area contributed by atoms with E-state index in [0.717, 1.165) is 58.2 Å². The first-order valence-corrected chi connectivity index (χ1v) is 10.5. The molecular formula is C23H25ClN6. The lowest BCUT2D eigenvalue weighted by Crippen LogP contribution is -2.13. The van der Waals surface area contributed by atoms with Crippen molar-refractivity contribution in [1.29, 1.82) is 0 Å². The molecule has 3 N–H and O–H groups in total. The Bertz CT molecular complexity index is 1100. The van der Waals surface area contributed by atoms with Crippen molar-refractivity contribution >= 4 is 29.1 Å². The minimum absolute atomic E-state index is 0.102. The van der Waals surface area contributed by atoms with Crippen LogP contribution >= 0.6 is 11.6 Å². The fourth-order valence-corrected chi connectivity index (χ4v) is 4.07. The molecule has 0 amide bonds. The summed E-state index contributed by atoms with van der Waals surface area (Å²) in [6.45, 7) is 2.90. The van der Waals surface area contributed by atoms with Crippen molar-refractivity contribution in [2.45, 2.75) is 32.4 Å². The van der Waals surface area contributed by atoms with Gasteiger partial charge in [-0.05, 0) is 54.3 Å². The number of hydrogen-bond acceptors (Lipinski definition) is 5. The molecule has 6 nitrogen and oxygen atoms in total. The lowest BCUT2D eigenvalue weighted by atomic mass is 9.92. The number of aromatic nitrogens is 3. The largest absolute Gasteiger partial charge is 0.404 e. The van der Waals surface area contributed by atoms with E-state index in [-0.39, 0.29) is 6.04 Å². The third-order valence-electron chi connectivity index (χ3n) is 5.42. The van der Waals surface area contributed by atoms with Gasteiger partial charge in [-0.3, -0.25) is 4.99 Å². The second-order valence-corrected chi connectivity index (χ2v) is 7.70. The van der Waals surface area contributed by atoms with Gasteiger partial charge in [-0.2, -0.15) is 0 Å². The maximum Gasteiger partial charge on any atom is 0.0921 e. The van der Waals surface area contributed by atoms with E-state index in [4.69, 9.17) is 17.3 Å². The number of nitrogens with one attached hydrogen (secondary N) is 1. The number of fused-ring (bicyclic) bond motifs is 3. The van der Waals surface area contributed by atoms with Gasteiger partial charge in [0.25, 0.3) is 0 Å². The minimum atomic E-state index is 0.102. The smallest absolute Gasteiger partial charge is 0.0921 e. The van der Waals surface area contributed by atoms with Gasteiger partial charge in [-0.1, -0.05) is 35.9 Å². The molecule has 0 aliphatic carbocycles. The Balaban J connectivity index is 1.84. The number of allylic oxidation sites excluding steroid dienone is 1. The predicted octanol–water partition coefficient (Wildman–Crippen LogP) is 4.72. The lowest BCUT2D eigenvalue weighted by Gasteiger charge is -2.21. The maximum atomic E-state index is 6.07. The number of aliphatic imine (C=N–C) groups is 1. The highest BCUT2D eigenvalue weighted by atomic mass is 35.5. The summed E-state index contributed by atoms with van der Waals surface area (Å²) in [5, 5.41) is 13.2. The molecule has 0 fully saturated rings. The SMILES string of the molecule is CCc1nnn2c1-c1ccc(C(C=NC)=CN)cc1C(Nc1ccc(Cl)cc1)CC2. The molecule has 1 aromatic heterocycles. The highest BCUT2D eigenvalue weighted by Gasteiger charge is 2.26. The second kappa shape index (κ2) is 8.71. The van der Waals surface area contributed by atoms with Gasteiger partial charge >= 0.3 is 0 Å². The lowest BCUT2D eigenvalue weighted by molar-refractivity contribution is 0.539. The number of benzene rings is 2. The topological polar surface area (TPSA) is 81.1 Å². The fraction of sp³-hybridized carbons (Fsp3) is 0.261. The summed E-state index contributed by atoms with van der Waals surface area (Å²) < 4.78 is 2.02. The van der Waals surface area contributed by atoms with E-state index in [9.17, 15) is 0 Å². The summed E-state index contributed by atoms with van der Waals surface area (Å²) in [5.74, 6) is 0. The molecule has 4 rings (SSSR count). The molecule has 2 aromatic carbocycles. The first-order chi connectivity index (χ1) is 14.6. The van der Waals surface area contributed by atoms with Crippen molar-refractivity contribution in [3.63, 3.8) is 0 Å². The van der Waals surface area contributed by atoms with Crippen LogP contribution in [0.1, 0.15) is 36.2 Å². The first-order valence-electron chi connectivity index (χ1n) is 10.1. The number of nitrogens with two attached hydrogens (primary N) is 1. The van der Waals surface area contributed by atoms with E-state index in [1.165, 1.54) is 5.56 Å². The van der Waals surface area contributed by atoms with E-state index in [2.05, 4.69) is 45.7 Å². The quantitative estimate of drug-likeness (QED) is 0.585. The summed E-state index contributed by atoms with van der Waals surface area (Å²) in [5.41, 5.74) is 13.3. The van der Waals surface area contributed by atoms with Gasteiger partial charge in [0.05, 0.1) is 17.4 Å². The van der Waals surface area contributed by atoms with Crippen LogP contribution < -0.4 is 11.1 Å². The molecule has 1 aliphatic heterocycles. The van der Waals surface area contributed by atoms with Gasteiger partial charge in [-0.25, -0.2) is 4.68 Å². The number of aryl methyl sites for hydroxylation is 2. The van der Waals surface area contributed by atoms with Crippen molar-refractivity contribution < 1.29 is 0 Å². The van der Waals surface area contributed by atoms with Crippen LogP contribution in [0.15, 0.2) is 53.7 Å². The van der Waals surface area contributed by atoms with Crippen LogP contribution in [0.3, 0.4) is 0 Å². The molecule has 0 saturated carbocycles. The third-order valence-corrected chi connectivity index (χ3v) is 5.67. The molecule has 3 aromatic rings. The molecule has 0 saturated heterocycles. The van der Waals surface area contributed by atoms with Crippen LogP contribution in [0.25, 0.3) is 16.8 Å². The van der Waals surface area contributed by atoms with Crippen LogP contribution in [0, 0.1) is 0 Å². The minimum Gasteiger partial charge on any atom is -0.404 e. The molecule has 7 heteroatoms. The number of hydrogen-bond donors (Lipinski definition) is 2. The maximum absolute atomic E-state index is 6.07. The van der Waals surface area contributed by atoms with E-state index in [1.807, 2.05) is 28.9 Å². The summed E-state index contributed by atoms with van der Waals surface area (Å²) in [7, 11) is 1.75. The summed E-state index contributed by atoms with van der Waals surface area (Å²) in [4.78, 5) is 4.14. The Kier molecular flexibility index (Phi) is 5.86. The van der Waals surface area contributed by atoms with Crippen LogP contribution in [0.5, 0.6) is 0 Å². The summed E-state index contributed by atoms with van der Waals surface area (Å²) in [6.07, 6.45) is 5.09. The Labute approximate surface area is 181 Å². The average Bonchev–Trinajstić information content (AvgIpc) is 3.12.